The molecule has 0 saturated carbocycles. The van der Waals surface area contributed by atoms with E-state index in [1.54, 1.807) is 19.0 Å². The van der Waals surface area contributed by atoms with Crippen molar-refractivity contribution in [1.82, 2.24) is 9.80 Å². The number of allylic oxidation sites excluding steroid dienone is 1. The van der Waals surface area contributed by atoms with Gasteiger partial charge in [0.2, 0.25) is 5.78 Å². The highest BCUT2D eigenvalue weighted by Gasteiger charge is 2.63. The molecule has 0 aliphatic heterocycles. The van der Waals surface area contributed by atoms with Crippen LogP contribution < -0.4 is 10.6 Å². The van der Waals surface area contributed by atoms with Crippen LogP contribution in [0.4, 0.5) is 5.69 Å². The van der Waals surface area contributed by atoms with Crippen LogP contribution in [-0.4, -0.2) is 106 Å². The Hall–Kier alpha value is -2.96. The maximum absolute atomic E-state index is 14.4. The maximum atomic E-state index is 14.4. The number of phenols is 1. The highest BCUT2D eigenvalue weighted by atomic mass is 16.4. The number of aliphatic hydroxyl groups is 4. The molecule has 1 aromatic carbocycles. The molecule has 3 aliphatic carbocycles. The Bertz CT molecular complexity index is 1360. The molecule has 0 spiro atoms. The number of carbonyl (C=O) groups excluding carboxylic acids is 2. The number of ketones is 2. The van der Waals surface area contributed by atoms with Crippen LogP contribution in [-0.2, 0) is 17.8 Å². The smallest absolute Gasteiger partial charge is 0.205 e. The summed E-state index contributed by atoms with van der Waals surface area (Å²) in [5.41, 5.74) is 4.42. The van der Waals surface area contributed by atoms with Crippen molar-refractivity contribution in [3.05, 3.63) is 45.4 Å². The molecule has 4 rings (SSSR count). The van der Waals surface area contributed by atoms with Gasteiger partial charge >= 0.3 is 0 Å². The number of rotatable bonds is 13. The van der Waals surface area contributed by atoms with Gasteiger partial charge in [-0.15, -0.1) is 0 Å². The minimum absolute atomic E-state index is 0.0722. The molecular formula is C34H52N4O7. The van der Waals surface area contributed by atoms with Gasteiger partial charge in [-0.3, -0.25) is 19.4 Å². The number of hydrogen-bond acceptors (Lipinski definition) is 11. The number of aromatic hydroxyl groups is 1. The summed E-state index contributed by atoms with van der Waals surface area (Å²) in [7, 11) is 7.06. The number of hydrogen-bond donors (Lipinski definition) is 6. The first-order valence-electron chi connectivity index (χ1n) is 16.3. The molecule has 1 aromatic rings. The fourth-order valence-electron chi connectivity index (χ4n) is 7.63. The standard InChI is InChI=1S/C34H52N4O7/c1-7-9-11-13-38(14-12-10-8-2)18-20-17-23(36(3)4)21-15-19-16-22-27(37(5)6)30(41)26(33(35)44)32(43)34(22,45)31(42)24(19)29(40)25(21)28(20)39/h17,19,22,27,33,39,41-42,44-45H,7-16,18,35H2,1-6H3/t19-,22-,27-,33?,34-/m0/s1. The number of unbranched alkanes of at least 4 members (excludes halogenated alkanes) is 4. The number of anilines is 1. The average Bonchev–Trinajstić information content (AvgIpc) is 2.95. The maximum Gasteiger partial charge on any atom is 0.205 e. The van der Waals surface area contributed by atoms with Gasteiger partial charge < -0.3 is 36.2 Å². The Morgan fingerprint density at radius 3 is 2.11 bits per heavy atom. The molecule has 0 fully saturated rings. The largest absolute Gasteiger partial charge is 0.510 e. The van der Waals surface area contributed by atoms with Crippen molar-refractivity contribution in [3.63, 3.8) is 0 Å². The van der Waals surface area contributed by atoms with E-state index < -0.39 is 58.4 Å². The number of nitrogens with zero attached hydrogens (tertiary/aromatic N) is 3. The van der Waals surface area contributed by atoms with Gasteiger partial charge in [0.25, 0.3) is 0 Å². The second-order valence-electron chi connectivity index (χ2n) is 13.4. The van der Waals surface area contributed by atoms with E-state index in [9.17, 15) is 35.1 Å². The molecular weight excluding hydrogens is 576 g/mol. The summed E-state index contributed by atoms with van der Waals surface area (Å²) in [5, 5.41) is 56.5. The predicted molar refractivity (Wildman–Crippen MR) is 173 cm³/mol. The van der Waals surface area contributed by atoms with Gasteiger partial charge in [-0.25, -0.2) is 0 Å². The molecule has 0 amide bonds. The van der Waals surface area contributed by atoms with Gasteiger partial charge in [0, 0.05) is 43.4 Å². The highest BCUT2D eigenvalue weighted by Crippen LogP contribution is 2.53. The number of nitrogens with two attached hydrogens (primary N) is 1. The topological polar surface area (TPSA) is 171 Å². The van der Waals surface area contributed by atoms with E-state index in [1.165, 1.54) is 0 Å². The molecule has 7 N–H and O–H groups in total. The monoisotopic (exact) mass is 628 g/mol. The summed E-state index contributed by atoms with van der Waals surface area (Å²) in [6.07, 6.45) is 4.91. The lowest BCUT2D eigenvalue weighted by molar-refractivity contribution is -0.148. The van der Waals surface area contributed by atoms with Crippen LogP contribution in [0.5, 0.6) is 5.75 Å². The molecule has 45 heavy (non-hydrogen) atoms. The van der Waals surface area contributed by atoms with Crippen molar-refractivity contribution in [2.75, 3.05) is 46.2 Å². The third-order valence-electron chi connectivity index (χ3n) is 9.90. The highest BCUT2D eigenvalue weighted by molar-refractivity contribution is 6.16. The lowest BCUT2D eigenvalue weighted by atomic mass is 9.58. The Morgan fingerprint density at radius 2 is 1.60 bits per heavy atom. The van der Waals surface area contributed by atoms with Gasteiger partial charge in [0.15, 0.2) is 11.4 Å². The van der Waals surface area contributed by atoms with E-state index in [2.05, 4.69) is 18.7 Å². The van der Waals surface area contributed by atoms with Crippen molar-refractivity contribution in [3.8, 4) is 5.75 Å². The van der Waals surface area contributed by atoms with E-state index in [0.29, 0.717) is 17.7 Å². The van der Waals surface area contributed by atoms with E-state index in [0.717, 1.165) is 57.3 Å². The van der Waals surface area contributed by atoms with Crippen molar-refractivity contribution in [2.45, 2.75) is 89.6 Å². The molecule has 0 bridgehead atoms. The second kappa shape index (κ2) is 13.8. The Morgan fingerprint density at radius 1 is 1.00 bits per heavy atom. The fraction of sp³-hybridized carbons (Fsp3) is 0.647. The summed E-state index contributed by atoms with van der Waals surface area (Å²) in [5.74, 6) is -4.82. The summed E-state index contributed by atoms with van der Waals surface area (Å²) >= 11 is 0. The van der Waals surface area contributed by atoms with E-state index >= 15 is 0 Å². The number of benzene rings is 1. The van der Waals surface area contributed by atoms with E-state index in [1.807, 2.05) is 25.1 Å². The lowest BCUT2D eigenvalue weighted by Gasteiger charge is -2.50. The zero-order valence-corrected chi connectivity index (χ0v) is 27.6. The average molecular weight is 629 g/mol. The van der Waals surface area contributed by atoms with Crippen LogP contribution in [0.2, 0.25) is 0 Å². The third kappa shape index (κ3) is 6.13. The molecule has 250 valence electrons. The van der Waals surface area contributed by atoms with E-state index in [-0.39, 0.29) is 29.7 Å². The second-order valence-corrected chi connectivity index (χ2v) is 13.4. The Labute approximate surface area is 266 Å². The van der Waals surface area contributed by atoms with Crippen LogP contribution in [0, 0.1) is 11.8 Å². The first-order chi connectivity index (χ1) is 21.2. The van der Waals surface area contributed by atoms with Crippen LogP contribution in [0.25, 0.3) is 0 Å². The SMILES string of the molecule is CCCCCN(CCCCC)Cc1cc(N(C)C)c2c(c1O)C(=O)C1=C(O)[C@]3(O)C(=O)C(C(N)O)=C(O)[C@@H](N(C)C)[C@@H]3C[C@@H]1C2. The first kappa shape index (κ1) is 34.9. The minimum atomic E-state index is -2.59. The molecule has 0 radical (unpaired) electrons. The molecule has 5 atom stereocenters. The van der Waals surface area contributed by atoms with Gasteiger partial charge in [0.05, 0.1) is 17.2 Å². The molecule has 11 heteroatoms. The number of Topliss-reactive ketones (excluding diaryl/α,β-unsaturated/α-hetero) is 2. The first-order valence-corrected chi connectivity index (χ1v) is 16.3. The van der Waals surface area contributed by atoms with Gasteiger partial charge in [-0.2, -0.15) is 0 Å². The summed E-state index contributed by atoms with van der Waals surface area (Å²) in [4.78, 5) is 33.8. The Kier molecular flexibility index (Phi) is 10.7. The van der Waals surface area contributed by atoms with Crippen molar-refractivity contribution in [1.29, 1.82) is 0 Å². The summed E-state index contributed by atoms with van der Waals surface area (Å²) in [6, 6.07) is 0.981. The quantitative estimate of drug-likeness (QED) is 0.140. The molecule has 0 saturated heterocycles. The zero-order chi connectivity index (χ0) is 33.4. The molecule has 11 nitrogen and oxygen atoms in total. The molecule has 0 aromatic heterocycles. The van der Waals surface area contributed by atoms with Crippen molar-refractivity contribution in [2.24, 2.45) is 17.6 Å². The fourth-order valence-corrected chi connectivity index (χ4v) is 7.63. The summed E-state index contributed by atoms with van der Waals surface area (Å²) in [6.45, 7) is 6.50. The van der Waals surface area contributed by atoms with Crippen LogP contribution in [0.15, 0.2) is 28.7 Å². The Balaban J connectivity index is 1.84. The van der Waals surface area contributed by atoms with Crippen LogP contribution in [0.1, 0.15) is 80.3 Å². The number of fused-ring (bicyclic) bond motifs is 3. The van der Waals surface area contributed by atoms with Gasteiger partial charge in [0.1, 0.15) is 23.5 Å². The van der Waals surface area contributed by atoms with Crippen LogP contribution >= 0.6 is 0 Å². The number of likely N-dealkylation sites (N-methyl/N-ethyl adjacent to an activating group) is 1. The minimum Gasteiger partial charge on any atom is -0.510 e. The van der Waals surface area contributed by atoms with Crippen LogP contribution in [0.3, 0.4) is 0 Å². The van der Waals surface area contributed by atoms with Crippen molar-refractivity contribution >= 4 is 17.3 Å². The normalized spacial score (nSPS) is 25.5. The number of phenolic OH excluding ortho intramolecular Hbond substituents is 1. The summed E-state index contributed by atoms with van der Waals surface area (Å²) < 4.78 is 0. The molecule has 1 unspecified atom stereocenters. The zero-order valence-electron chi connectivity index (χ0n) is 27.6. The van der Waals surface area contributed by atoms with Crippen molar-refractivity contribution < 1.29 is 35.1 Å². The molecule has 3 aliphatic rings. The number of carbonyl (C=O) groups is 2. The third-order valence-corrected chi connectivity index (χ3v) is 9.90. The number of aliphatic hydroxyl groups excluding tert-OH is 3. The predicted octanol–water partition coefficient (Wildman–Crippen LogP) is 3.16. The van der Waals surface area contributed by atoms with Gasteiger partial charge in [-0.05, 0) is 70.4 Å². The lowest BCUT2D eigenvalue weighted by Crippen LogP contribution is -2.64. The van der Waals surface area contributed by atoms with Gasteiger partial charge in [-0.1, -0.05) is 39.5 Å². The van der Waals surface area contributed by atoms with E-state index in [4.69, 9.17) is 5.73 Å². The molecule has 0 heterocycles.